The molecule has 0 bridgehead atoms. The first-order chi connectivity index (χ1) is 14.1. The summed E-state index contributed by atoms with van der Waals surface area (Å²) in [4.78, 5) is 14.3. The van der Waals surface area contributed by atoms with Crippen LogP contribution >= 0.6 is 0 Å². The maximum atomic E-state index is 14.2. The molecule has 2 unspecified atom stereocenters. The zero-order valence-corrected chi connectivity index (χ0v) is 16.6. The molecule has 154 valence electrons. The van der Waals surface area contributed by atoms with Crippen LogP contribution in [0.5, 0.6) is 5.75 Å². The number of likely N-dealkylation sites (tertiary alicyclic amines) is 1. The molecule has 0 aromatic heterocycles. The summed E-state index contributed by atoms with van der Waals surface area (Å²) in [6.45, 7) is 4.51. The van der Waals surface area contributed by atoms with E-state index in [1.165, 1.54) is 12.1 Å². The lowest BCUT2D eigenvalue weighted by atomic mass is 9.97. The summed E-state index contributed by atoms with van der Waals surface area (Å²) < 4.78 is 31.4. The molecule has 0 N–H and O–H groups in total. The molecule has 6 heteroatoms. The second-order valence-corrected chi connectivity index (χ2v) is 7.55. The van der Waals surface area contributed by atoms with Crippen LogP contribution in [-0.4, -0.2) is 30.6 Å². The van der Waals surface area contributed by atoms with Crippen molar-refractivity contribution in [2.75, 3.05) is 19.7 Å². The van der Waals surface area contributed by atoms with Crippen LogP contribution in [-0.2, 0) is 27.4 Å². The summed E-state index contributed by atoms with van der Waals surface area (Å²) in [6, 6.07) is 12.7. The van der Waals surface area contributed by atoms with Crippen molar-refractivity contribution in [1.29, 1.82) is 0 Å². The zero-order chi connectivity index (χ0) is 20.2. The molecular weight excluding hydrogens is 373 g/mol. The predicted molar refractivity (Wildman–Crippen MR) is 106 cm³/mol. The SMILES string of the molecule is CCOC(=O)C1CCCN(Cc2cc(F)cc3c2OC(c2ccccc2)OC3)C1. The third-order valence-electron chi connectivity index (χ3n) is 5.41. The van der Waals surface area contributed by atoms with Crippen LogP contribution in [0.25, 0.3) is 0 Å². The first kappa shape index (κ1) is 19.9. The number of halogens is 1. The van der Waals surface area contributed by atoms with Gasteiger partial charge in [-0.2, -0.15) is 0 Å². The summed E-state index contributed by atoms with van der Waals surface area (Å²) in [6.07, 6.45) is 1.23. The second kappa shape index (κ2) is 8.93. The van der Waals surface area contributed by atoms with Crippen LogP contribution in [0.2, 0.25) is 0 Å². The van der Waals surface area contributed by atoms with Crippen molar-refractivity contribution in [3.05, 3.63) is 65.0 Å². The average molecular weight is 399 g/mol. The zero-order valence-electron chi connectivity index (χ0n) is 16.6. The lowest BCUT2D eigenvalue weighted by Crippen LogP contribution is -2.39. The van der Waals surface area contributed by atoms with E-state index in [2.05, 4.69) is 4.90 Å². The van der Waals surface area contributed by atoms with Gasteiger partial charge in [0.25, 0.3) is 0 Å². The maximum absolute atomic E-state index is 14.2. The van der Waals surface area contributed by atoms with E-state index in [4.69, 9.17) is 14.2 Å². The minimum atomic E-state index is -0.512. The van der Waals surface area contributed by atoms with Gasteiger partial charge in [0.1, 0.15) is 11.6 Å². The van der Waals surface area contributed by atoms with Gasteiger partial charge in [-0.05, 0) is 38.4 Å². The van der Waals surface area contributed by atoms with Crippen molar-refractivity contribution >= 4 is 5.97 Å². The number of carbonyl (C=O) groups is 1. The third-order valence-corrected chi connectivity index (χ3v) is 5.41. The number of nitrogens with zero attached hydrogens (tertiary/aromatic N) is 1. The molecule has 1 saturated heterocycles. The van der Waals surface area contributed by atoms with E-state index in [1.54, 1.807) is 0 Å². The van der Waals surface area contributed by atoms with Gasteiger partial charge in [0, 0.05) is 29.8 Å². The first-order valence-electron chi connectivity index (χ1n) is 10.2. The highest BCUT2D eigenvalue weighted by atomic mass is 19.1. The monoisotopic (exact) mass is 399 g/mol. The average Bonchev–Trinajstić information content (AvgIpc) is 2.74. The Balaban J connectivity index is 1.52. The molecule has 2 atom stereocenters. The van der Waals surface area contributed by atoms with Crippen molar-refractivity contribution in [2.45, 2.75) is 39.2 Å². The van der Waals surface area contributed by atoms with Crippen LogP contribution in [0.4, 0.5) is 4.39 Å². The number of carbonyl (C=O) groups excluding carboxylic acids is 1. The minimum absolute atomic E-state index is 0.130. The van der Waals surface area contributed by atoms with Gasteiger partial charge in [0.15, 0.2) is 0 Å². The maximum Gasteiger partial charge on any atom is 0.310 e. The molecular formula is C23H26FNO4. The molecule has 0 spiro atoms. The first-order valence-corrected chi connectivity index (χ1v) is 10.2. The molecule has 1 fully saturated rings. The van der Waals surface area contributed by atoms with Crippen LogP contribution < -0.4 is 4.74 Å². The summed E-state index contributed by atoms with van der Waals surface area (Å²) >= 11 is 0. The smallest absolute Gasteiger partial charge is 0.310 e. The molecule has 2 heterocycles. The quantitative estimate of drug-likeness (QED) is 0.705. The molecule has 5 nitrogen and oxygen atoms in total. The van der Waals surface area contributed by atoms with Crippen LogP contribution in [0.1, 0.15) is 42.7 Å². The summed E-state index contributed by atoms with van der Waals surface area (Å²) in [7, 11) is 0. The second-order valence-electron chi connectivity index (χ2n) is 7.55. The van der Waals surface area contributed by atoms with Crippen molar-refractivity contribution < 1.29 is 23.4 Å². The molecule has 0 aliphatic carbocycles. The Labute approximate surface area is 170 Å². The van der Waals surface area contributed by atoms with E-state index >= 15 is 0 Å². The van der Waals surface area contributed by atoms with Gasteiger partial charge < -0.3 is 14.2 Å². The lowest BCUT2D eigenvalue weighted by molar-refractivity contribution is -0.150. The van der Waals surface area contributed by atoms with Gasteiger partial charge in [-0.1, -0.05) is 30.3 Å². The van der Waals surface area contributed by atoms with Crippen molar-refractivity contribution in [3.63, 3.8) is 0 Å². The Bertz CT molecular complexity index is 857. The van der Waals surface area contributed by atoms with Crippen LogP contribution in [0.15, 0.2) is 42.5 Å². The Hall–Kier alpha value is -2.44. The fourth-order valence-electron chi connectivity index (χ4n) is 4.06. The molecule has 2 aromatic rings. The number of piperidine rings is 1. The standard InChI is InChI=1S/C23H26FNO4/c1-2-27-22(26)17-9-6-10-25(13-17)14-18-11-20(24)12-19-15-28-23(29-21(18)19)16-7-4-3-5-8-16/h3-5,7-8,11-12,17,23H,2,6,9-10,13-15H2,1H3. The van der Waals surface area contributed by atoms with E-state index in [0.717, 1.165) is 30.5 Å². The number of hydrogen-bond acceptors (Lipinski definition) is 5. The summed E-state index contributed by atoms with van der Waals surface area (Å²) in [5.74, 6) is 0.106. The number of esters is 1. The number of hydrogen-bond donors (Lipinski definition) is 0. The fourth-order valence-corrected chi connectivity index (χ4v) is 4.06. The Morgan fingerprint density at radius 2 is 2.10 bits per heavy atom. The molecule has 2 aromatic carbocycles. The van der Waals surface area contributed by atoms with E-state index in [-0.39, 0.29) is 17.7 Å². The van der Waals surface area contributed by atoms with Crippen molar-refractivity contribution in [3.8, 4) is 5.75 Å². The topological polar surface area (TPSA) is 48.0 Å². The van der Waals surface area contributed by atoms with E-state index < -0.39 is 6.29 Å². The van der Waals surface area contributed by atoms with Gasteiger partial charge in [-0.25, -0.2) is 4.39 Å². The predicted octanol–water partition coefficient (Wildman–Crippen LogP) is 4.21. The number of rotatable bonds is 5. The Morgan fingerprint density at radius 1 is 1.28 bits per heavy atom. The van der Waals surface area contributed by atoms with E-state index in [0.29, 0.717) is 37.6 Å². The van der Waals surface area contributed by atoms with Gasteiger partial charge in [-0.3, -0.25) is 9.69 Å². The summed E-state index contributed by atoms with van der Waals surface area (Å²) in [5.41, 5.74) is 2.42. The highest BCUT2D eigenvalue weighted by Gasteiger charge is 2.29. The van der Waals surface area contributed by atoms with Gasteiger partial charge in [0.05, 0.1) is 19.1 Å². The molecule has 0 saturated carbocycles. The van der Waals surface area contributed by atoms with E-state index in [1.807, 2.05) is 37.3 Å². The normalized spacial score (nSPS) is 21.9. The fraction of sp³-hybridized carbons (Fsp3) is 0.435. The molecule has 29 heavy (non-hydrogen) atoms. The van der Waals surface area contributed by atoms with Crippen molar-refractivity contribution in [2.24, 2.45) is 5.92 Å². The molecule has 2 aliphatic rings. The highest BCUT2D eigenvalue weighted by molar-refractivity contribution is 5.72. The molecule has 4 rings (SSSR count). The van der Waals surface area contributed by atoms with Gasteiger partial charge >= 0.3 is 5.97 Å². The van der Waals surface area contributed by atoms with E-state index in [9.17, 15) is 9.18 Å². The summed E-state index contributed by atoms with van der Waals surface area (Å²) in [5, 5.41) is 0. The highest BCUT2D eigenvalue weighted by Crippen LogP contribution is 2.37. The molecule has 0 amide bonds. The largest absolute Gasteiger partial charge is 0.466 e. The number of fused-ring (bicyclic) bond motifs is 1. The number of benzene rings is 2. The van der Waals surface area contributed by atoms with Crippen molar-refractivity contribution in [1.82, 2.24) is 4.90 Å². The Morgan fingerprint density at radius 3 is 2.90 bits per heavy atom. The van der Waals surface area contributed by atoms with Gasteiger partial charge in [0.2, 0.25) is 6.29 Å². The molecule has 0 radical (unpaired) electrons. The van der Waals surface area contributed by atoms with Gasteiger partial charge in [-0.15, -0.1) is 0 Å². The third kappa shape index (κ3) is 4.60. The Kier molecular flexibility index (Phi) is 6.11. The molecule has 2 aliphatic heterocycles. The lowest BCUT2D eigenvalue weighted by Gasteiger charge is -2.33. The van der Waals surface area contributed by atoms with Crippen LogP contribution in [0.3, 0.4) is 0 Å². The van der Waals surface area contributed by atoms with Crippen LogP contribution in [0, 0.1) is 11.7 Å². The number of ether oxygens (including phenoxy) is 3. The minimum Gasteiger partial charge on any atom is -0.466 e.